The number of hydrogen-bond acceptors (Lipinski definition) is 3. The molecule has 1 aromatic rings. The molecule has 0 aliphatic carbocycles. The number of halogens is 2. The molecule has 3 nitrogen and oxygen atoms in total. The Kier molecular flexibility index (Phi) is 5.24. The van der Waals surface area contributed by atoms with Gasteiger partial charge in [-0.1, -0.05) is 31.5 Å². The first-order valence-electron chi connectivity index (χ1n) is 7.12. The van der Waals surface area contributed by atoms with E-state index < -0.39 is 5.82 Å². The molecule has 0 spiro atoms. The van der Waals surface area contributed by atoms with Gasteiger partial charge in [0.15, 0.2) is 0 Å². The largest absolute Gasteiger partial charge is 0.506 e. The fourth-order valence-electron chi connectivity index (χ4n) is 2.74. The van der Waals surface area contributed by atoms with Crippen LogP contribution >= 0.6 is 11.6 Å². The van der Waals surface area contributed by atoms with Gasteiger partial charge in [0.25, 0.3) is 0 Å². The van der Waals surface area contributed by atoms with Crippen LogP contribution in [0.5, 0.6) is 5.75 Å². The second kappa shape index (κ2) is 6.74. The molecule has 1 heterocycles. The minimum Gasteiger partial charge on any atom is -0.506 e. The molecule has 1 fully saturated rings. The van der Waals surface area contributed by atoms with Crippen LogP contribution in [0, 0.1) is 11.7 Å². The number of nitrogens with zero attached hydrogens (tertiary/aromatic N) is 1. The lowest BCUT2D eigenvalue weighted by molar-refractivity contribution is 0.151. The molecular formula is C15H22ClFN2O. The van der Waals surface area contributed by atoms with Crippen molar-refractivity contribution in [3.05, 3.63) is 28.5 Å². The van der Waals surface area contributed by atoms with Crippen LogP contribution in [-0.4, -0.2) is 36.2 Å². The van der Waals surface area contributed by atoms with Gasteiger partial charge >= 0.3 is 0 Å². The maximum Gasteiger partial charge on any atom is 0.145 e. The van der Waals surface area contributed by atoms with Gasteiger partial charge in [-0.05, 0) is 18.4 Å². The number of hydrogen-bond donors (Lipinski definition) is 2. The third kappa shape index (κ3) is 3.43. The molecule has 1 aliphatic rings. The Morgan fingerprint density at radius 2 is 2.00 bits per heavy atom. The predicted octanol–water partition coefficient (Wildman–Crippen LogP) is 3.18. The van der Waals surface area contributed by atoms with E-state index in [2.05, 4.69) is 24.1 Å². The highest BCUT2D eigenvalue weighted by Crippen LogP contribution is 2.38. The third-order valence-electron chi connectivity index (χ3n) is 3.75. The summed E-state index contributed by atoms with van der Waals surface area (Å²) in [6.45, 7) is 8.01. The van der Waals surface area contributed by atoms with E-state index in [1.165, 1.54) is 6.07 Å². The van der Waals surface area contributed by atoms with Crippen molar-refractivity contribution >= 4 is 11.6 Å². The number of nitrogens with one attached hydrogen (secondary N) is 1. The van der Waals surface area contributed by atoms with Crippen molar-refractivity contribution in [3.8, 4) is 5.75 Å². The number of piperazine rings is 1. The van der Waals surface area contributed by atoms with Gasteiger partial charge in [0.1, 0.15) is 16.6 Å². The zero-order valence-corrected chi connectivity index (χ0v) is 12.8. The molecule has 5 heteroatoms. The molecule has 1 saturated heterocycles. The highest BCUT2D eigenvalue weighted by molar-refractivity contribution is 6.32. The first kappa shape index (κ1) is 15.5. The molecule has 0 radical (unpaired) electrons. The van der Waals surface area contributed by atoms with Gasteiger partial charge in [-0.15, -0.1) is 0 Å². The van der Waals surface area contributed by atoms with Crippen molar-refractivity contribution in [1.29, 1.82) is 0 Å². The molecule has 2 N–H and O–H groups in total. The molecule has 2 rings (SSSR count). The van der Waals surface area contributed by atoms with E-state index in [1.54, 1.807) is 6.07 Å². The highest BCUT2D eigenvalue weighted by Gasteiger charge is 2.26. The van der Waals surface area contributed by atoms with Gasteiger partial charge in [0, 0.05) is 37.8 Å². The molecule has 1 atom stereocenters. The molecule has 0 bridgehead atoms. The summed E-state index contributed by atoms with van der Waals surface area (Å²) in [6, 6.07) is 3.08. The van der Waals surface area contributed by atoms with Crippen LogP contribution in [0.1, 0.15) is 31.9 Å². The minimum absolute atomic E-state index is 0.0789. The Labute approximate surface area is 124 Å². The number of rotatable bonds is 4. The summed E-state index contributed by atoms with van der Waals surface area (Å²) < 4.78 is 13.4. The number of phenolic OH excluding ortho intramolecular Hbond substituents is 1. The SMILES string of the molecule is CC(C)C[C@@H](c1ccc(F)c(Cl)c1O)N1CCNCC1. The van der Waals surface area contributed by atoms with E-state index >= 15 is 0 Å². The van der Waals surface area contributed by atoms with Crippen molar-refractivity contribution in [1.82, 2.24) is 10.2 Å². The standard InChI is InChI=1S/C15H22ClFN2O/c1-10(2)9-13(19-7-5-18-6-8-19)11-3-4-12(17)14(16)15(11)20/h3-4,10,13,18,20H,5-9H2,1-2H3/t13-/m0/s1. The summed E-state index contributed by atoms with van der Waals surface area (Å²) in [6.07, 6.45) is 0.912. The van der Waals surface area contributed by atoms with Crippen molar-refractivity contribution in [2.75, 3.05) is 26.2 Å². The number of aromatic hydroxyl groups is 1. The van der Waals surface area contributed by atoms with E-state index in [-0.39, 0.29) is 16.8 Å². The van der Waals surface area contributed by atoms with Crippen molar-refractivity contribution < 1.29 is 9.50 Å². The summed E-state index contributed by atoms with van der Waals surface area (Å²) >= 11 is 5.85. The van der Waals surface area contributed by atoms with E-state index in [4.69, 9.17) is 11.6 Å². The number of phenols is 1. The van der Waals surface area contributed by atoms with Gasteiger partial charge in [-0.2, -0.15) is 0 Å². The number of benzene rings is 1. The van der Waals surface area contributed by atoms with Crippen LogP contribution in [-0.2, 0) is 0 Å². The Morgan fingerprint density at radius 1 is 1.35 bits per heavy atom. The van der Waals surface area contributed by atoms with E-state index in [0.29, 0.717) is 5.92 Å². The van der Waals surface area contributed by atoms with Crippen molar-refractivity contribution in [2.24, 2.45) is 5.92 Å². The molecule has 0 aromatic heterocycles. The van der Waals surface area contributed by atoms with Gasteiger partial charge < -0.3 is 10.4 Å². The maximum absolute atomic E-state index is 13.4. The molecule has 20 heavy (non-hydrogen) atoms. The smallest absolute Gasteiger partial charge is 0.145 e. The molecule has 0 saturated carbocycles. The van der Waals surface area contributed by atoms with Crippen molar-refractivity contribution in [2.45, 2.75) is 26.3 Å². The normalized spacial score (nSPS) is 18.4. The fraction of sp³-hybridized carbons (Fsp3) is 0.600. The maximum atomic E-state index is 13.4. The lowest BCUT2D eigenvalue weighted by Gasteiger charge is -2.36. The second-order valence-corrected chi connectivity index (χ2v) is 6.11. The van der Waals surface area contributed by atoms with Crippen LogP contribution in [0.25, 0.3) is 0 Å². The van der Waals surface area contributed by atoms with E-state index in [1.807, 2.05) is 0 Å². The van der Waals surface area contributed by atoms with E-state index in [9.17, 15) is 9.50 Å². The molecule has 0 amide bonds. The average Bonchev–Trinajstić information content (AvgIpc) is 2.44. The Hall–Kier alpha value is -0.840. The van der Waals surface area contributed by atoms with Crippen LogP contribution in [0.2, 0.25) is 5.02 Å². The van der Waals surface area contributed by atoms with Gasteiger partial charge in [-0.25, -0.2) is 4.39 Å². The molecule has 1 aromatic carbocycles. The van der Waals surface area contributed by atoms with Crippen LogP contribution < -0.4 is 5.32 Å². The van der Waals surface area contributed by atoms with Crippen LogP contribution in [0.15, 0.2) is 12.1 Å². The van der Waals surface area contributed by atoms with Gasteiger partial charge in [0.05, 0.1) is 0 Å². The molecule has 112 valence electrons. The Bertz CT molecular complexity index is 461. The summed E-state index contributed by atoms with van der Waals surface area (Å²) in [4.78, 5) is 2.33. The summed E-state index contributed by atoms with van der Waals surface area (Å²) in [5.74, 6) is -0.203. The first-order valence-corrected chi connectivity index (χ1v) is 7.50. The predicted molar refractivity (Wildman–Crippen MR) is 79.7 cm³/mol. The second-order valence-electron chi connectivity index (χ2n) is 5.73. The quantitative estimate of drug-likeness (QED) is 0.896. The van der Waals surface area contributed by atoms with Crippen LogP contribution in [0.3, 0.4) is 0 Å². The van der Waals surface area contributed by atoms with Gasteiger partial charge in [-0.3, -0.25) is 4.90 Å². The summed E-state index contributed by atoms with van der Waals surface area (Å²) in [7, 11) is 0. The Morgan fingerprint density at radius 3 is 2.60 bits per heavy atom. The third-order valence-corrected chi connectivity index (χ3v) is 4.11. The summed E-state index contributed by atoms with van der Waals surface area (Å²) in [5.41, 5.74) is 0.729. The molecule has 0 unspecified atom stereocenters. The first-order chi connectivity index (χ1) is 9.50. The lowest BCUT2D eigenvalue weighted by atomic mass is 9.94. The van der Waals surface area contributed by atoms with Gasteiger partial charge in [0.2, 0.25) is 0 Å². The van der Waals surface area contributed by atoms with E-state index in [0.717, 1.165) is 38.2 Å². The highest BCUT2D eigenvalue weighted by atomic mass is 35.5. The topological polar surface area (TPSA) is 35.5 Å². The fourth-order valence-corrected chi connectivity index (χ4v) is 2.91. The summed E-state index contributed by atoms with van der Waals surface area (Å²) in [5, 5.41) is 13.3. The Balaban J connectivity index is 2.32. The lowest BCUT2D eigenvalue weighted by Crippen LogP contribution is -2.45. The average molecular weight is 301 g/mol. The minimum atomic E-state index is -0.573. The molecule has 1 aliphatic heterocycles. The molecular weight excluding hydrogens is 279 g/mol. The van der Waals surface area contributed by atoms with Crippen molar-refractivity contribution in [3.63, 3.8) is 0 Å². The van der Waals surface area contributed by atoms with Crippen LogP contribution in [0.4, 0.5) is 4.39 Å². The monoisotopic (exact) mass is 300 g/mol. The zero-order valence-electron chi connectivity index (χ0n) is 12.0. The zero-order chi connectivity index (χ0) is 14.7.